The van der Waals surface area contributed by atoms with Crippen LogP contribution >= 0.6 is 23.1 Å². The van der Waals surface area contributed by atoms with Crippen molar-refractivity contribution in [2.45, 2.75) is 29.5 Å². The van der Waals surface area contributed by atoms with Crippen LogP contribution in [0.4, 0.5) is 11.4 Å². The van der Waals surface area contributed by atoms with E-state index in [4.69, 9.17) is 14.2 Å². The number of aromatic amines is 1. The molecule has 2 bridgehead atoms. The summed E-state index contributed by atoms with van der Waals surface area (Å²) < 4.78 is 16.5. The number of rotatable bonds is 9. The maximum Gasteiger partial charge on any atom is 0.338 e. The number of imide groups is 1. The van der Waals surface area contributed by atoms with Crippen LogP contribution in [0.3, 0.4) is 0 Å². The van der Waals surface area contributed by atoms with E-state index in [9.17, 15) is 24.0 Å². The van der Waals surface area contributed by atoms with Crippen LogP contribution in [0.2, 0.25) is 0 Å². The fraction of sp³-hybridized carbons (Fsp3) is 0.324. The second kappa shape index (κ2) is 12.8. The Bertz CT molecular complexity index is 2060. The predicted molar refractivity (Wildman–Crippen MR) is 187 cm³/mol. The first-order valence-corrected chi connectivity index (χ1v) is 18.2. The zero-order valence-electron chi connectivity index (χ0n) is 27.1. The summed E-state index contributed by atoms with van der Waals surface area (Å²) in [6.45, 7) is 1.73. The molecule has 0 spiro atoms. The van der Waals surface area contributed by atoms with Crippen molar-refractivity contribution < 1.29 is 33.4 Å². The number of ether oxygens (including phenoxy) is 3. The highest BCUT2D eigenvalue weighted by Gasteiger charge is 2.69. The lowest BCUT2D eigenvalue weighted by Crippen LogP contribution is -2.42. The van der Waals surface area contributed by atoms with E-state index in [-0.39, 0.29) is 64.7 Å². The Labute approximate surface area is 295 Å². The van der Waals surface area contributed by atoms with Crippen molar-refractivity contribution in [3.05, 3.63) is 98.5 Å². The predicted octanol–water partition coefficient (Wildman–Crippen LogP) is 5.32. The standard InChI is InChI=1S/C37H33N3O8S2/c1-3-47-36(44)18-8-10-19(11-9-18)38-26(41)17-48-25-7-5-4-6-22(25)27-28-23-16-24(31(28)49-33-32(27)50-37(45)39-33)30-29(23)34(42)40(35(30)43)20-12-14-21(46-2)15-13-20/h4-15,23-24,27-31H,3,16-17H2,1-2H3,(H,38,41)(H,39,45)/t23?,24?,27-,28?,29?,30?,31?/m1/s1. The first kappa shape index (κ1) is 32.3. The lowest BCUT2D eigenvalue weighted by molar-refractivity contribution is -0.123. The number of para-hydroxylation sites is 1. The van der Waals surface area contributed by atoms with Gasteiger partial charge in [-0.05, 0) is 85.7 Å². The van der Waals surface area contributed by atoms with Gasteiger partial charge in [0.1, 0.15) is 11.5 Å². The minimum absolute atomic E-state index is 0.00509. The van der Waals surface area contributed by atoms with Crippen molar-refractivity contribution in [1.29, 1.82) is 0 Å². The molecule has 2 N–H and O–H groups in total. The molecule has 13 heteroatoms. The van der Waals surface area contributed by atoms with E-state index in [0.29, 0.717) is 28.4 Å². The summed E-state index contributed by atoms with van der Waals surface area (Å²) >= 11 is 2.78. The van der Waals surface area contributed by atoms with Crippen molar-refractivity contribution >= 4 is 58.2 Å². The number of anilines is 2. The van der Waals surface area contributed by atoms with E-state index in [0.717, 1.165) is 33.2 Å². The summed E-state index contributed by atoms with van der Waals surface area (Å²) in [7, 11) is 1.57. The molecule has 1 saturated heterocycles. The second-order valence-electron chi connectivity index (χ2n) is 12.8. The summed E-state index contributed by atoms with van der Waals surface area (Å²) in [6.07, 6.45) is 0.752. The van der Waals surface area contributed by atoms with Gasteiger partial charge in [-0.3, -0.25) is 24.1 Å². The van der Waals surface area contributed by atoms with Gasteiger partial charge >= 0.3 is 10.8 Å². The first-order chi connectivity index (χ1) is 24.3. The van der Waals surface area contributed by atoms with Gasteiger partial charge in [0.05, 0.1) is 41.8 Å². The number of nitrogens with zero attached hydrogens (tertiary/aromatic N) is 1. The van der Waals surface area contributed by atoms with E-state index in [1.807, 2.05) is 24.3 Å². The SMILES string of the molecule is CCOC(=O)c1ccc(NC(=O)COc2ccccc2[C@H]2c3sc(=O)[nH]c3SC3C4CC(C5C(=O)N(c6ccc(OC)cc6)C(=O)C45)C32)cc1. The molecule has 256 valence electrons. The van der Waals surface area contributed by atoms with Crippen LogP contribution in [0.15, 0.2) is 82.6 Å². The quantitative estimate of drug-likeness (QED) is 0.174. The molecule has 2 aliphatic heterocycles. The Hall–Kier alpha value is -4.88. The molecule has 6 unspecified atom stereocenters. The highest BCUT2D eigenvalue weighted by atomic mass is 32.2. The highest BCUT2D eigenvalue weighted by molar-refractivity contribution is 8.00. The Morgan fingerprint density at radius 2 is 1.66 bits per heavy atom. The number of aromatic nitrogens is 1. The van der Waals surface area contributed by atoms with Crippen LogP contribution in [-0.2, 0) is 19.1 Å². The molecule has 50 heavy (non-hydrogen) atoms. The lowest BCUT2D eigenvalue weighted by Gasteiger charge is -2.43. The summed E-state index contributed by atoms with van der Waals surface area (Å²) in [4.78, 5) is 70.9. The van der Waals surface area contributed by atoms with Crippen LogP contribution in [0.25, 0.3) is 0 Å². The normalized spacial score (nSPS) is 25.9. The summed E-state index contributed by atoms with van der Waals surface area (Å²) in [5.41, 5.74) is 2.26. The van der Waals surface area contributed by atoms with Crippen molar-refractivity contribution in [1.82, 2.24) is 4.98 Å². The molecule has 0 radical (unpaired) electrons. The molecular weight excluding hydrogens is 679 g/mol. The van der Waals surface area contributed by atoms with Gasteiger partial charge in [-0.15, -0.1) is 11.8 Å². The summed E-state index contributed by atoms with van der Waals surface area (Å²) in [6, 6.07) is 20.9. The van der Waals surface area contributed by atoms with Gasteiger partial charge in [-0.25, -0.2) is 4.79 Å². The number of hydrogen-bond donors (Lipinski definition) is 2. The zero-order valence-corrected chi connectivity index (χ0v) is 28.8. The third kappa shape index (κ3) is 5.30. The van der Waals surface area contributed by atoms with Crippen LogP contribution < -0.4 is 24.6 Å². The topological polar surface area (TPSA) is 144 Å². The third-order valence-corrected chi connectivity index (χ3v) is 12.9. The number of esters is 1. The van der Waals surface area contributed by atoms with E-state index < -0.39 is 17.8 Å². The fourth-order valence-electron chi connectivity index (χ4n) is 8.46. The molecule has 2 aliphatic carbocycles. The Morgan fingerprint density at radius 3 is 2.38 bits per heavy atom. The fourth-order valence-corrected chi connectivity index (χ4v) is 11.3. The molecule has 3 heterocycles. The Kier molecular flexibility index (Phi) is 8.26. The average Bonchev–Trinajstić information content (AvgIpc) is 3.86. The second-order valence-corrected chi connectivity index (χ2v) is 15.0. The molecular formula is C37H33N3O8S2. The maximum absolute atomic E-state index is 14.1. The molecule has 3 aromatic carbocycles. The molecule has 1 aromatic heterocycles. The molecule has 11 nitrogen and oxygen atoms in total. The van der Waals surface area contributed by atoms with Crippen molar-refractivity contribution in [3.8, 4) is 11.5 Å². The number of thioether (sulfide) groups is 1. The van der Waals surface area contributed by atoms with Crippen LogP contribution in [0.1, 0.15) is 40.1 Å². The molecule has 7 atom stereocenters. The number of nitrogens with one attached hydrogen (secondary N) is 2. The maximum atomic E-state index is 14.1. The van der Waals surface area contributed by atoms with Crippen molar-refractivity contribution in [2.24, 2.45) is 29.6 Å². The van der Waals surface area contributed by atoms with Gasteiger partial charge in [-0.1, -0.05) is 29.5 Å². The van der Waals surface area contributed by atoms with Gasteiger partial charge in [0.25, 0.3) is 5.91 Å². The number of hydrogen-bond acceptors (Lipinski definition) is 10. The monoisotopic (exact) mass is 711 g/mol. The van der Waals surface area contributed by atoms with Gasteiger partial charge in [0.15, 0.2) is 6.61 Å². The third-order valence-electron chi connectivity index (χ3n) is 10.3. The molecule has 2 saturated carbocycles. The van der Waals surface area contributed by atoms with Crippen molar-refractivity contribution in [3.63, 3.8) is 0 Å². The largest absolute Gasteiger partial charge is 0.497 e. The zero-order chi connectivity index (χ0) is 34.7. The minimum Gasteiger partial charge on any atom is -0.497 e. The molecule has 8 rings (SSSR count). The number of carbonyl (C=O) groups excluding carboxylic acids is 4. The Balaban J connectivity index is 1.06. The van der Waals surface area contributed by atoms with Crippen LogP contribution in [0.5, 0.6) is 11.5 Å². The molecule has 3 fully saturated rings. The van der Waals surface area contributed by atoms with Crippen molar-refractivity contribution in [2.75, 3.05) is 30.5 Å². The number of amides is 3. The molecule has 4 aromatic rings. The van der Waals surface area contributed by atoms with Crippen LogP contribution in [0, 0.1) is 29.6 Å². The molecule has 4 aliphatic rings. The van der Waals surface area contributed by atoms with Gasteiger partial charge in [0.2, 0.25) is 11.8 Å². The van der Waals surface area contributed by atoms with E-state index in [1.54, 1.807) is 74.3 Å². The minimum atomic E-state index is -0.453. The number of fused-ring (bicyclic) bond motifs is 9. The highest BCUT2D eigenvalue weighted by Crippen LogP contribution is 2.69. The number of thiazole rings is 1. The number of methoxy groups -OCH3 is 1. The number of carbonyl (C=O) groups is 4. The average molecular weight is 712 g/mol. The lowest BCUT2D eigenvalue weighted by atomic mass is 9.68. The smallest absolute Gasteiger partial charge is 0.338 e. The van der Waals surface area contributed by atoms with Gasteiger partial charge in [0, 0.05) is 27.3 Å². The van der Waals surface area contributed by atoms with Gasteiger partial charge in [-0.2, -0.15) is 0 Å². The summed E-state index contributed by atoms with van der Waals surface area (Å²) in [5.74, 6) is -1.30. The number of H-pyrrole nitrogens is 1. The van der Waals surface area contributed by atoms with E-state index in [2.05, 4.69) is 10.3 Å². The van der Waals surface area contributed by atoms with E-state index in [1.165, 1.54) is 4.90 Å². The van der Waals surface area contributed by atoms with Gasteiger partial charge < -0.3 is 24.5 Å². The van der Waals surface area contributed by atoms with E-state index >= 15 is 0 Å². The first-order valence-electron chi connectivity index (χ1n) is 16.5. The summed E-state index contributed by atoms with van der Waals surface area (Å²) in [5, 5.41) is 3.60. The number of benzene rings is 3. The molecule has 3 amide bonds. The Morgan fingerprint density at radius 1 is 0.940 bits per heavy atom. The van der Waals surface area contributed by atoms with Crippen LogP contribution in [-0.4, -0.2) is 54.2 Å².